The molecule has 0 fully saturated rings. The summed E-state index contributed by atoms with van der Waals surface area (Å²) < 4.78 is 11.8. The Labute approximate surface area is 181 Å². The van der Waals surface area contributed by atoms with Crippen molar-refractivity contribution in [2.24, 2.45) is 0 Å². The molecule has 1 aliphatic rings. The highest BCUT2D eigenvalue weighted by Crippen LogP contribution is 2.48. The van der Waals surface area contributed by atoms with Gasteiger partial charge in [-0.3, -0.25) is 4.79 Å². The van der Waals surface area contributed by atoms with Gasteiger partial charge in [-0.15, -0.1) is 0 Å². The first-order valence-electron chi connectivity index (χ1n) is 11.0. The molecule has 4 nitrogen and oxygen atoms in total. The number of carbonyl (C=O) groups is 1. The Morgan fingerprint density at radius 2 is 1.83 bits per heavy atom. The summed E-state index contributed by atoms with van der Waals surface area (Å²) in [6, 6.07) is 10.4. The van der Waals surface area contributed by atoms with E-state index >= 15 is 0 Å². The number of benzene rings is 1. The van der Waals surface area contributed by atoms with Crippen molar-refractivity contribution < 1.29 is 13.6 Å². The first-order valence-corrected chi connectivity index (χ1v) is 13.1. The molecule has 0 amide bonds. The first kappa shape index (κ1) is 22.4. The van der Waals surface area contributed by atoms with Gasteiger partial charge in [0, 0.05) is 6.42 Å². The summed E-state index contributed by atoms with van der Waals surface area (Å²) in [5, 5.41) is 10.0. The zero-order valence-corrected chi connectivity index (χ0v) is 20.0. The van der Waals surface area contributed by atoms with Crippen molar-refractivity contribution in [3.63, 3.8) is 0 Å². The van der Waals surface area contributed by atoms with E-state index in [1.807, 2.05) is 0 Å². The fourth-order valence-corrected chi connectivity index (χ4v) is 10.6. The van der Waals surface area contributed by atoms with Crippen molar-refractivity contribution in [1.82, 2.24) is 0 Å². The van der Waals surface area contributed by atoms with Gasteiger partial charge >= 0.3 is 0 Å². The lowest BCUT2D eigenvalue weighted by Crippen LogP contribution is -2.50. The summed E-state index contributed by atoms with van der Waals surface area (Å²) in [5.41, 5.74) is 3.63. The van der Waals surface area contributed by atoms with E-state index in [0.717, 1.165) is 11.3 Å². The van der Waals surface area contributed by atoms with E-state index in [-0.39, 0.29) is 5.78 Å². The maximum Gasteiger partial charge on any atom is 0.258 e. The maximum atomic E-state index is 12.4. The van der Waals surface area contributed by atoms with Crippen LogP contribution in [0, 0.1) is 11.3 Å². The fourth-order valence-electron chi connectivity index (χ4n) is 5.36. The van der Waals surface area contributed by atoms with E-state index in [2.05, 4.69) is 65.8 Å². The molecular weight excluding hydrogens is 390 g/mol. The molecule has 1 aromatic carbocycles. The lowest BCUT2D eigenvalue weighted by atomic mass is 9.62. The van der Waals surface area contributed by atoms with Gasteiger partial charge in [-0.05, 0) is 58.8 Å². The van der Waals surface area contributed by atoms with Crippen LogP contribution in [0.4, 0.5) is 0 Å². The van der Waals surface area contributed by atoms with Crippen LogP contribution in [-0.2, 0) is 11.8 Å². The minimum atomic E-state index is -2.06. The number of hydrogen-bond acceptors (Lipinski definition) is 4. The van der Waals surface area contributed by atoms with Gasteiger partial charge in [-0.2, -0.15) is 5.26 Å². The normalized spacial score (nSPS) is 18.3. The molecule has 30 heavy (non-hydrogen) atoms. The van der Waals surface area contributed by atoms with E-state index in [0.29, 0.717) is 41.4 Å². The summed E-state index contributed by atoms with van der Waals surface area (Å²) in [5.74, 6) is 0.891. The van der Waals surface area contributed by atoms with Gasteiger partial charge in [0.25, 0.3) is 8.32 Å². The Bertz CT molecular complexity index is 918. The van der Waals surface area contributed by atoms with Gasteiger partial charge in [0.05, 0.1) is 23.3 Å². The molecule has 1 unspecified atom stereocenters. The second-order valence-electron chi connectivity index (χ2n) is 9.54. The number of hydrogen-bond donors (Lipinski definition) is 0. The number of nitrogens with zero attached hydrogens (tertiary/aromatic N) is 1. The van der Waals surface area contributed by atoms with Crippen LogP contribution in [0.2, 0.25) is 16.6 Å². The highest BCUT2D eigenvalue weighted by atomic mass is 28.4. The number of furan rings is 1. The maximum absolute atomic E-state index is 12.4. The third-order valence-corrected chi connectivity index (χ3v) is 12.9. The number of Topliss-reactive ketones (excluding diaryl/α,β-unsaturated/α-hetero) is 1. The largest absolute Gasteiger partial charge is 0.543 e. The number of nitriles is 1. The number of rotatable bonds is 9. The molecule has 1 heterocycles. The first-order chi connectivity index (χ1) is 14.2. The van der Waals surface area contributed by atoms with Crippen molar-refractivity contribution >= 4 is 14.1 Å². The molecular formula is C25H33NO3Si. The van der Waals surface area contributed by atoms with Crippen LogP contribution >= 0.6 is 0 Å². The van der Waals surface area contributed by atoms with E-state index in [1.54, 1.807) is 6.07 Å². The highest BCUT2D eigenvalue weighted by molar-refractivity contribution is 6.78. The molecule has 160 valence electrons. The molecule has 0 N–H and O–H groups in total. The van der Waals surface area contributed by atoms with Crippen molar-refractivity contribution in [2.45, 2.75) is 82.8 Å². The molecule has 0 aliphatic heterocycles. The molecule has 0 radical (unpaired) electrons. The van der Waals surface area contributed by atoms with Gasteiger partial charge in [-0.1, -0.05) is 47.6 Å². The molecule has 0 saturated carbocycles. The zero-order chi connectivity index (χ0) is 22.1. The highest BCUT2D eigenvalue weighted by Gasteiger charge is 2.48. The predicted octanol–water partition coefficient (Wildman–Crippen LogP) is 6.81. The van der Waals surface area contributed by atoms with Crippen LogP contribution in [0.1, 0.15) is 75.9 Å². The molecule has 1 aliphatic carbocycles. The Balaban J connectivity index is 1.84. The topological polar surface area (TPSA) is 63.2 Å². The standard InChI is InChI=1S/C25H33NO3Si/c1-17(2)30(18(3)4,19(5)6)29-22-8-7-20-14-25(16-26,23(20)13-22)11-9-24(27)21-10-12-28-15-21/h7-8,10,12-13,15,17-19H,9,11,14H2,1-6H3. The average Bonchev–Trinajstić information content (AvgIpc) is 3.22. The lowest BCUT2D eigenvalue weighted by Gasteiger charge is -2.43. The van der Waals surface area contributed by atoms with Crippen molar-refractivity contribution in [1.29, 1.82) is 5.26 Å². The van der Waals surface area contributed by atoms with Crippen LogP contribution in [0.5, 0.6) is 5.75 Å². The van der Waals surface area contributed by atoms with E-state index < -0.39 is 13.7 Å². The van der Waals surface area contributed by atoms with E-state index in [9.17, 15) is 10.1 Å². The van der Waals surface area contributed by atoms with Gasteiger partial charge in [0.15, 0.2) is 5.78 Å². The SMILES string of the molecule is CC(C)[Si](Oc1ccc2c(c1)C(C#N)(CCC(=O)c1ccoc1)C2)(C(C)C)C(C)C. The summed E-state index contributed by atoms with van der Waals surface area (Å²) in [6.45, 7) is 13.6. The predicted molar refractivity (Wildman–Crippen MR) is 121 cm³/mol. The molecule has 0 bridgehead atoms. The van der Waals surface area contributed by atoms with Crippen molar-refractivity contribution in [3.8, 4) is 11.8 Å². The molecule has 1 atom stereocenters. The van der Waals surface area contributed by atoms with Gasteiger partial charge < -0.3 is 8.84 Å². The van der Waals surface area contributed by atoms with Crippen molar-refractivity contribution in [2.75, 3.05) is 0 Å². The molecule has 1 aromatic heterocycles. The number of ketones is 1. The molecule has 3 rings (SSSR count). The van der Waals surface area contributed by atoms with Crippen molar-refractivity contribution in [3.05, 3.63) is 53.5 Å². The monoisotopic (exact) mass is 423 g/mol. The summed E-state index contributed by atoms with van der Waals surface area (Å²) in [7, 11) is -2.06. The van der Waals surface area contributed by atoms with Crippen LogP contribution < -0.4 is 4.43 Å². The van der Waals surface area contributed by atoms with E-state index in [1.165, 1.54) is 18.1 Å². The molecule has 2 aromatic rings. The van der Waals surface area contributed by atoms with Gasteiger partial charge in [0.1, 0.15) is 12.0 Å². The van der Waals surface area contributed by atoms with Crippen LogP contribution in [0.25, 0.3) is 0 Å². The molecule has 0 saturated heterocycles. The second-order valence-corrected chi connectivity index (χ2v) is 14.9. The number of carbonyl (C=O) groups excluding carboxylic acids is 1. The average molecular weight is 424 g/mol. The third kappa shape index (κ3) is 3.74. The lowest BCUT2D eigenvalue weighted by molar-refractivity contribution is 0.0971. The smallest absolute Gasteiger partial charge is 0.258 e. The summed E-state index contributed by atoms with van der Waals surface area (Å²) in [6.07, 6.45) is 4.52. The van der Waals surface area contributed by atoms with Gasteiger partial charge in [0.2, 0.25) is 0 Å². The quantitative estimate of drug-likeness (QED) is 0.328. The Hall–Kier alpha value is -2.32. The Morgan fingerprint density at radius 1 is 1.17 bits per heavy atom. The van der Waals surface area contributed by atoms with E-state index in [4.69, 9.17) is 8.84 Å². The van der Waals surface area contributed by atoms with Crippen LogP contribution in [0.15, 0.2) is 41.2 Å². The summed E-state index contributed by atoms with van der Waals surface area (Å²) in [4.78, 5) is 12.4. The van der Waals surface area contributed by atoms with Crippen LogP contribution in [-0.4, -0.2) is 14.1 Å². The summed E-state index contributed by atoms with van der Waals surface area (Å²) >= 11 is 0. The van der Waals surface area contributed by atoms with Gasteiger partial charge in [-0.25, -0.2) is 0 Å². The Kier molecular flexibility index (Phi) is 6.28. The fraction of sp³-hybridized carbons (Fsp3) is 0.520. The zero-order valence-electron chi connectivity index (χ0n) is 19.0. The molecule has 5 heteroatoms. The molecule has 0 spiro atoms. The minimum Gasteiger partial charge on any atom is -0.543 e. The Morgan fingerprint density at radius 3 is 2.37 bits per heavy atom. The minimum absolute atomic E-state index is 0.0186. The van der Waals surface area contributed by atoms with Crippen LogP contribution in [0.3, 0.4) is 0 Å². The third-order valence-electron chi connectivity index (χ3n) is 6.93. The second kappa shape index (κ2) is 8.43. The number of fused-ring (bicyclic) bond motifs is 1.